The second kappa shape index (κ2) is 22.7. The van der Waals surface area contributed by atoms with E-state index >= 15 is 0 Å². The lowest BCUT2D eigenvalue weighted by Crippen LogP contribution is -2.41. The molecule has 4 aromatic carbocycles. The van der Waals surface area contributed by atoms with Crippen molar-refractivity contribution >= 4 is 60.4 Å². The summed E-state index contributed by atoms with van der Waals surface area (Å²) in [6.45, 7) is 8.23. The molecular weight excluding hydrogens is 1090 g/mol. The molecule has 10 aromatic rings. The number of aromatic nitrogens is 6. The van der Waals surface area contributed by atoms with Crippen LogP contribution in [0.5, 0.6) is 0 Å². The van der Waals surface area contributed by atoms with Gasteiger partial charge < -0.3 is 9.31 Å². The molecule has 11 rings (SSSR count). The lowest BCUT2D eigenvalue weighted by molar-refractivity contribution is 0.00578. The molecule has 0 aliphatic carbocycles. The Hall–Kier alpha value is -6.80. The number of hydrogen-bond acceptors (Lipinski definition) is 8. The number of rotatable bonds is 8. The van der Waals surface area contributed by atoms with E-state index in [1.165, 1.54) is 22.3 Å². The highest BCUT2D eigenvalue weighted by Gasteiger charge is 2.52. The fourth-order valence-corrected chi connectivity index (χ4v) is 9.13. The third kappa shape index (κ3) is 12.4. The van der Waals surface area contributed by atoms with Crippen molar-refractivity contribution in [3.63, 3.8) is 0 Å². The van der Waals surface area contributed by atoms with Gasteiger partial charge in [-0.2, -0.15) is 0 Å². The molecule has 0 bridgehead atoms. The minimum atomic E-state index is -0.445. The number of nitrogens with zero attached hydrogens (tertiary/aromatic N) is 6. The zero-order valence-electron chi connectivity index (χ0n) is 40.0. The molecule has 1 aliphatic rings. The molecule has 1 fully saturated rings. The van der Waals surface area contributed by atoms with Crippen molar-refractivity contribution in [2.75, 3.05) is 0 Å². The van der Waals surface area contributed by atoms with Gasteiger partial charge in [-0.25, -0.2) is 9.97 Å². The van der Waals surface area contributed by atoms with Gasteiger partial charge in [0.25, 0.3) is 0 Å². The van der Waals surface area contributed by atoms with Crippen molar-refractivity contribution in [1.82, 2.24) is 29.9 Å². The summed E-state index contributed by atoms with van der Waals surface area (Å²) in [5.41, 5.74) is 14.8. The largest absolute Gasteiger partial charge is 0.494 e. The first-order valence-corrected chi connectivity index (χ1v) is 25.6. The van der Waals surface area contributed by atoms with Crippen LogP contribution in [0.3, 0.4) is 0 Å². The fourth-order valence-electron chi connectivity index (χ4n) is 7.93. The van der Waals surface area contributed by atoms with E-state index in [0.29, 0.717) is 0 Å². The first-order valence-electron chi connectivity index (χ1n) is 23.3. The van der Waals surface area contributed by atoms with Crippen LogP contribution in [0.15, 0.2) is 233 Å². The van der Waals surface area contributed by atoms with Crippen molar-refractivity contribution in [1.29, 1.82) is 0 Å². The maximum Gasteiger partial charge on any atom is 0.494 e. The lowest BCUT2D eigenvalue weighted by atomic mass is 9.78. The Kier molecular flexibility index (Phi) is 15.8. The predicted molar refractivity (Wildman–Crippen MR) is 303 cm³/mol. The van der Waals surface area contributed by atoms with Gasteiger partial charge >= 0.3 is 7.12 Å². The summed E-state index contributed by atoms with van der Waals surface area (Å²) < 4.78 is 15.8. The highest BCUT2D eigenvalue weighted by molar-refractivity contribution is 9.11. The molecule has 1 aliphatic heterocycles. The predicted octanol–water partition coefficient (Wildman–Crippen LogP) is 15.7. The van der Waals surface area contributed by atoms with Gasteiger partial charge in [0.1, 0.15) is 0 Å². The van der Waals surface area contributed by atoms with Gasteiger partial charge in [-0.15, -0.1) is 0 Å². The van der Waals surface area contributed by atoms with Gasteiger partial charge in [0.05, 0.1) is 34.0 Å². The lowest BCUT2D eigenvalue weighted by Gasteiger charge is -2.32. The van der Waals surface area contributed by atoms with E-state index in [9.17, 15) is 0 Å². The molecule has 0 amide bonds. The maximum absolute atomic E-state index is 6.26. The number of benzene rings is 4. The van der Waals surface area contributed by atoms with Gasteiger partial charge in [0.15, 0.2) is 0 Å². The van der Waals surface area contributed by atoms with Crippen molar-refractivity contribution in [3.05, 3.63) is 233 Å². The van der Waals surface area contributed by atoms with E-state index in [0.717, 1.165) is 75.0 Å². The van der Waals surface area contributed by atoms with Crippen LogP contribution in [0.25, 0.3) is 78.4 Å². The van der Waals surface area contributed by atoms with Crippen molar-refractivity contribution in [2.24, 2.45) is 0 Å². The molecule has 354 valence electrons. The summed E-state index contributed by atoms with van der Waals surface area (Å²) in [6, 6.07) is 57.6. The molecule has 0 saturated carbocycles. The van der Waals surface area contributed by atoms with Crippen LogP contribution in [0.2, 0.25) is 0 Å². The molecule has 6 aromatic heterocycles. The minimum Gasteiger partial charge on any atom is -0.399 e. The Morgan fingerprint density at radius 2 is 0.597 bits per heavy atom. The molecule has 7 heterocycles. The van der Waals surface area contributed by atoms with E-state index in [4.69, 9.17) is 19.3 Å². The zero-order valence-corrected chi connectivity index (χ0v) is 44.8. The van der Waals surface area contributed by atoms with Gasteiger partial charge in [0.2, 0.25) is 0 Å². The second-order valence-electron chi connectivity index (χ2n) is 17.9. The third-order valence-corrected chi connectivity index (χ3v) is 13.9. The van der Waals surface area contributed by atoms with E-state index in [1.807, 2.05) is 91.0 Å². The Labute approximate surface area is 446 Å². The van der Waals surface area contributed by atoms with E-state index < -0.39 is 18.3 Å². The van der Waals surface area contributed by atoms with Crippen LogP contribution in [0.4, 0.5) is 0 Å². The van der Waals surface area contributed by atoms with Crippen LogP contribution in [0, 0.1) is 0 Å². The number of pyridine rings is 6. The molecule has 8 nitrogen and oxygen atoms in total. The molecule has 0 atom stereocenters. The standard InChI is InChI=1S/C27H18BrN3.C21H22BN3O2.C12H8Br2/c28-25-6-2-5-23(16-25)21-3-1-4-22(15-21)24-17-26(19-7-11-29-12-8-19)31-27(18-24)20-9-13-30-14-10-20;1-20(2)21(3,4)27-22(26-20)17-13-18(15-5-9-23-10-6-15)25-19(14-17)16-7-11-24-12-8-16;13-11-5-1-3-9(7-11)10-4-2-6-12(14)8-10/h1-18H;5-14H,1-4H3;1-8H. The average Bonchev–Trinajstić information content (AvgIpc) is 3.65. The van der Waals surface area contributed by atoms with Crippen molar-refractivity contribution in [3.8, 4) is 78.4 Å². The molecular formula is C60H48BBr3N6O2. The monoisotopic (exact) mass is 1130 g/mol. The fraction of sp³-hybridized carbons (Fsp3) is 0.100. The Morgan fingerprint density at radius 3 is 0.917 bits per heavy atom. The molecule has 0 unspecified atom stereocenters. The second-order valence-corrected chi connectivity index (χ2v) is 20.7. The highest BCUT2D eigenvalue weighted by atomic mass is 79.9. The SMILES string of the molecule is Brc1cccc(-c2cccc(-c3cc(-c4ccncc4)nc(-c4ccncc4)c3)c2)c1.Brc1cccc(-c2cccc(Br)c2)c1.CC1(C)OB(c2cc(-c3ccncc3)nc(-c3ccncc3)c2)OC1(C)C. The Balaban J connectivity index is 0.000000142. The third-order valence-electron chi connectivity index (χ3n) is 12.4. The molecule has 12 heteroatoms. The number of hydrogen-bond donors (Lipinski definition) is 0. The van der Waals surface area contributed by atoms with Gasteiger partial charge in [-0.3, -0.25) is 19.9 Å². The molecule has 72 heavy (non-hydrogen) atoms. The summed E-state index contributed by atoms with van der Waals surface area (Å²) in [7, 11) is -0.445. The average molecular weight is 1140 g/mol. The van der Waals surface area contributed by atoms with Crippen LogP contribution in [-0.4, -0.2) is 48.2 Å². The van der Waals surface area contributed by atoms with E-state index in [-0.39, 0.29) is 0 Å². The van der Waals surface area contributed by atoms with Crippen LogP contribution >= 0.6 is 47.8 Å². The highest BCUT2D eigenvalue weighted by Crippen LogP contribution is 2.38. The molecule has 0 spiro atoms. The van der Waals surface area contributed by atoms with Gasteiger partial charge in [-0.1, -0.05) is 102 Å². The molecule has 0 radical (unpaired) electrons. The van der Waals surface area contributed by atoms with Crippen LogP contribution in [-0.2, 0) is 9.31 Å². The normalized spacial score (nSPS) is 13.3. The Morgan fingerprint density at radius 1 is 0.319 bits per heavy atom. The number of halogens is 3. The van der Waals surface area contributed by atoms with Gasteiger partial charge in [0, 0.05) is 85.2 Å². The first kappa shape index (κ1) is 50.2. The summed E-state index contributed by atoms with van der Waals surface area (Å²) in [5, 5.41) is 0. The first-order chi connectivity index (χ1) is 34.9. The van der Waals surface area contributed by atoms with Crippen LogP contribution in [0.1, 0.15) is 27.7 Å². The summed E-state index contributed by atoms with van der Waals surface area (Å²) in [4.78, 5) is 26.3. The van der Waals surface area contributed by atoms with Crippen molar-refractivity contribution < 1.29 is 9.31 Å². The minimum absolute atomic E-state index is 0.394. The van der Waals surface area contributed by atoms with Crippen LogP contribution < -0.4 is 5.46 Å². The van der Waals surface area contributed by atoms with E-state index in [1.54, 1.807) is 49.6 Å². The zero-order chi connectivity index (χ0) is 50.1. The molecule has 1 saturated heterocycles. The van der Waals surface area contributed by atoms with Crippen molar-refractivity contribution in [2.45, 2.75) is 38.9 Å². The quantitative estimate of drug-likeness (QED) is 0.139. The summed E-state index contributed by atoms with van der Waals surface area (Å²) in [6.07, 6.45) is 14.3. The smallest absolute Gasteiger partial charge is 0.399 e. The maximum atomic E-state index is 6.26. The Bertz CT molecular complexity index is 3250. The molecule has 0 N–H and O–H groups in total. The van der Waals surface area contributed by atoms with Gasteiger partial charge in [-0.05, 0) is 182 Å². The topological polar surface area (TPSA) is 95.8 Å². The van der Waals surface area contributed by atoms with E-state index in [2.05, 4.69) is 174 Å². The summed E-state index contributed by atoms with van der Waals surface area (Å²) >= 11 is 10.5. The summed E-state index contributed by atoms with van der Waals surface area (Å²) in [5.74, 6) is 0.